The van der Waals surface area contributed by atoms with Gasteiger partial charge in [-0.3, -0.25) is 9.59 Å². The van der Waals surface area contributed by atoms with E-state index in [-0.39, 0.29) is 6.42 Å². The molecule has 0 saturated carbocycles. The molecule has 1 atom stereocenters. The molecule has 21 heavy (non-hydrogen) atoms. The molecule has 0 aliphatic carbocycles. The van der Waals surface area contributed by atoms with Crippen molar-refractivity contribution in [3.8, 4) is 0 Å². The van der Waals surface area contributed by atoms with Crippen molar-refractivity contribution >= 4 is 21.7 Å². The Morgan fingerprint density at radius 3 is 2.29 bits per heavy atom. The lowest BCUT2D eigenvalue weighted by Crippen LogP contribution is -2.40. The summed E-state index contributed by atoms with van der Waals surface area (Å²) in [6.07, 6.45) is -0.151. The van der Waals surface area contributed by atoms with E-state index in [2.05, 4.69) is 0 Å². The maximum atomic E-state index is 12.2. The Labute approximate surface area is 124 Å². The van der Waals surface area contributed by atoms with Crippen LogP contribution in [0.2, 0.25) is 0 Å². The van der Waals surface area contributed by atoms with E-state index >= 15 is 0 Å². The van der Waals surface area contributed by atoms with E-state index in [0.717, 1.165) is 0 Å². The zero-order valence-corrected chi connectivity index (χ0v) is 12.8. The number of amides is 1. The second-order valence-electron chi connectivity index (χ2n) is 4.73. The average Bonchev–Trinajstić information content (AvgIpc) is 2.43. The number of hydrogen-bond acceptors (Lipinski definition) is 4. The van der Waals surface area contributed by atoms with Crippen molar-refractivity contribution < 1.29 is 23.1 Å². The lowest BCUT2D eigenvalue weighted by Gasteiger charge is -2.17. The van der Waals surface area contributed by atoms with E-state index < -0.39 is 32.7 Å². The molecule has 0 fully saturated rings. The number of carbonyl (C=O) groups excluding carboxylic acids is 1. The van der Waals surface area contributed by atoms with Crippen molar-refractivity contribution in [2.45, 2.75) is 18.6 Å². The molecule has 0 radical (unpaired) electrons. The molecule has 1 unspecified atom stereocenters. The number of nitrogens with zero attached hydrogens (tertiary/aromatic N) is 1. The average molecular weight is 313 g/mol. The normalized spacial score (nSPS) is 12.7. The zero-order valence-electron chi connectivity index (χ0n) is 12.0. The third-order valence-corrected chi connectivity index (χ3v) is 5.08. The SMILES string of the molecule is CCN(C)C(=O)CS(=O)(=O)C(Cc1ccccc1)C(=O)O. The minimum absolute atomic E-state index is 0.151. The lowest BCUT2D eigenvalue weighted by atomic mass is 10.1. The second kappa shape index (κ2) is 7.21. The molecule has 1 aromatic rings. The van der Waals surface area contributed by atoms with Crippen LogP contribution < -0.4 is 0 Å². The van der Waals surface area contributed by atoms with Gasteiger partial charge in [0, 0.05) is 13.6 Å². The fraction of sp³-hybridized carbons (Fsp3) is 0.429. The summed E-state index contributed by atoms with van der Waals surface area (Å²) < 4.78 is 24.4. The maximum absolute atomic E-state index is 12.2. The third-order valence-electron chi connectivity index (χ3n) is 3.20. The van der Waals surface area contributed by atoms with Crippen LogP contribution in [-0.4, -0.2) is 54.9 Å². The number of rotatable bonds is 7. The van der Waals surface area contributed by atoms with Crippen molar-refractivity contribution in [2.24, 2.45) is 0 Å². The Morgan fingerprint density at radius 1 is 1.24 bits per heavy atom. The number of aliphatic carboxylic acids is 1. The quantitative estimate of drug-likeness (QED) is 0.795. The monoisotopic (exact) mass is 313 g/mol. The number of sulfone groups is 1. The predicted molar refractivity (Wildman–Crippen MR) is 78.7 cm³/mol. The van der Waals surface area contributed by atoms with E-state index in [1.807, 2.05) is 0 Å². The minimum atomic E-state index is -4.06. The highest BCUT2D eigenvalue weighted by molar-refractivity contribution is 7.93. The van der Waals surface area contributed by atoms with E-state index in [1.165, 1.54) is 11.9 Å². The van der Waals surface area contributed by atoms with Crippen molar-refractivity contribution in [3.63, 3.8) is 0 Å². The van der Waals surface area contributed by atoms with E-state index in [9.17, 15) is 23.1 Å². The highest BCUT2D eigenvalue weighted by Gasteiger charge is 2.34. The molecule has 1 N–H and O–H groups in total. The van der Waals surface area contributed by atoms with Crippen LogP contribution in [0.25, 0.3) is 0 Å². The molecule has 0 aliphatic heterocycles. The molecule has 0 heterocycles. The molecule has 1 aromatic carbocycles. The molecule has 6 nitrogen and oxygen atoms in total. The number of carboxylic acids is 1. The molecule has 7 heteroatoms. The van der Waals surface area contributed by atoms with E-state index in [1.54, 1.807) is 37.3 Å². The van der Waals surface area contributed by atoms with Crippen LogP contribution in [0.3, 0.4) is 0 Å². The summed E-state index contributed by atoms with van der Waals surface area (Å²) in [5, 5.41) is 7.56. The van der Waals surface area contributed by atoms with Gasteiger partial charge >= 0.3 is 5.97 Å². The van der Waals surface area contributed by atoms with Crippen LogP contribution in [0.4, 0.5) is 0 Å². The minimum Gasteiger partial charge on any atom is -0.480 e. The summed E-state index contributed by atoms with van der Waals surface area (Å²) in [5.74, 6) is -2.83. The molecule has 0 aliphatic rings. The summed E-state index contributed by atoms with van der Waals surface area (Å²) in [5.41, 5.74) is 0.602. The van der Waals surface area contributed by atoms with Gasteiger partial charge in [-0.2, -0.15) is 0 Å². The molecular formula is C14H19NO5S. The van der Waals surface area contributed by atoms with E-state index in [4.69, 9.17) is 0 Å². The lowest BCUT2D eigenvalue weighted by molar-refractivity contribution is -0.136. The molecule has 0 saturated heterocycles. The van der Waals surface area contributed by atoms with Gasteiger partial charge in [0.1, 0.15) is 5.75 Å². The van der Waals surface area contributed by atoms with Crippen LogP contribution in [0.5, 0.6) is 0 Å². The molecular weight excluding hydrogens is 294 g/mol. The third kappa shape index (κ3) is 4.86. The Balaban J connectivity index is 2.94. The Morgan fingerprint density at radius 2 is 1.81 bits per heavy atom. The van der Waals surface area contributed by atoms with Gasteiger partial charge < -0.3 is 10.0 Å². The van der Waals surface area contributed by atoms with Crippen molar-refractivity contribution in [2.75, 3.05) is 19.3 Å². The Bertz CT molecular complexity index is 597. The number of carbonyl (C=O) groups is 2. The van der Waals surface area contributed by atoms with Crippen LogP contribution in [0, 0.1) is 0 Å². The molecule has 116 valence electrons. The van der Waals surface area contributed by atoms with Crippen molar-refractivity contribution in [3.05, 3.63) is 35.9 Å². The first kappa shape index (κ1) is 17.2. The van der Waals surface area contributed by atoms with Gasteiger partial charge in [-0.15, -0.1) is 0 Å². The van der Waals surface area contributed by atoms with Crippen LogP contribution in [-0.2, 0) is 25.8 Å². The van der Waals surface area contributed by atoms with Crippen molar-refractivity contribution in [1.29, 1.82) is 0 Å². The van der Waals surface area contributed by atoms with Crippen LogP contribution in [0.15, 0.2) is 30.3 Å². The van der Waals surface area contributed by atoms with Crippen LogP contribution >= 0.6 is 0 Å². The van der Waals surface area contributed by atoms with Gasteiger partial charge in [-0.05, 0) is 18.9 Å². The molecule has 0 bridgehead atoms. The first-order valence-electron chi connectivity index (χ1n) is 6.50. The summed E-state index contributed by atoms with van der Waals surface area (Å²) in [6, 6.07) is 8.48. The number of carboxylic acid groups (broad SMARTS) is 1. The largest absolute Gasteiger partial charge is 0.480 e. The first-order chi connectivity index (χ1) is 9.77. The van der Waals surface area contributed by atoms with Crippen molar-refractivity contribution in [1.82, 2.24) is 4.90 Å². The first-order valence-corrected chi connectivity index (χ1v) is 8.21. The zero-order chi connectivity index (χ0) is 16.0. The van der Waals surface area contributed by atoms with Gasteiger partial charge in [0.05, 0.1) is 0 Å². The van der Waals surface area contributed by atoms with Gasteiger partial charge in [0.15, 0.2) is 15.1 Å². The second-order valence-corrected chi connectivity index (χ2v) is 6.92. The highest BCUT2D eigenvalue weighted by Crippen LogP contribution is 2.12. The fourth-order valence-electron chi connectivity index (χ4n) is 1.76. The van der Waals surface area contributed by atoms with Crippen LogP contribution in [0.1, 0.15) is 12.5 Å². The van der Waals surface area contributed by atoms with Gasteiger partial charge in [0.2, 0.25) is 5.91 Å². The van der Waals surface area contributed by atoms with Gasteiger partial charge in [-0.1, -0.05) is 30.3 Å². The molecule has 1 rings (SSSR count). The maximum Gasteiger partial charge on any atom is 0.322 e. The summed E-state index contributed by atoms with van der Waals surface area (Å²) in [4.78, 5) is 24.2. The summed E-state index contributed by atoms with van der Waals surface area (Å²) in [6.45, 7) is 2.08. The topological polar surface area (TPSA) is 91.8 Å². The Kier molecular flexibility index (Phi) is 5.90. The van der Waals surface area contributed by atoms with Gasteiger partial charge in [0.25, 0.3) is 0 Å². The highest BCUT2D eigenvalue weighted by atomic mass is 32.2. The molecule has 0 aromatic heterocycles. The summed E-state index contributed by atoms with van der Waals surface area (Å²) in [7, 11) is -2.59. The number of hydrogen-bond donors (Lipinski definition) is 1. The standard InChI is InChI=1S/C14H19NO5S/c1-3-15(2)13(16)10-21(19,20)12(14(17)18)9-11-7-5-4-6-8-11/h4-8,12H,3,9-10H2,1-2H3,(H,17,18). The smallest absolute Gasteiger partial charge is 0.322 e. The fourth-order valence-corrected chi connectivity index (χ4v) is 3.27. The summed E-state index contributed by atoms with van der Waals surface area (Å²) >= 11 is 0. The molecule has 1 amide bonds. The predicted octanol–water partition coefficient (Wildman–Crippen LogP) is 0.575. The Hall–Kier alpha value is -1.89. The van der Waals surface area contributed by atoms with E-state index in [0.29, 0.717) is 12.1 Å². The number of benzene rings is 1. The molecule has 0 spiro atoms. The van der Waals surface area contributed by atoms with Gasteiger partial charge in [-0.25, -0.2) is 8.42 Å².